The number of hydrogen-bond acceptors (Lipinski definition) is 7. The molecule has 0 aliphatic carbocycles. The summed E-state index contributed by atoms with van der Waals surface area (Å²) in [6.45, 7) is 3.57. The molecule has 3 rings (SSSR count). The van der Waals surface area contributed by atoms with Gasteiger partial charge in [0.1, 0.15) is 0 Å². The Hall–Kier alpha value is -1.28. The predicted octanol–water partition coefficient (Wildman–Crippen LogP) is 0.958. The van der Waals surface area contributed by atoms with Crippen molar-refractivity contribution in [3.63, 3.8) is 0 Å². The second-order valence-electron chi connectivity index (χ2n) is 4.49. The van der Waals surface area contributed by atoms with Gasteiger partial charge in [-0.3, -0.25) is 4.90 Å². The van der Waals surface area contributed by atoms with Crippen LogP contribution in [0.2, 0.25) is 0 Å². The third kappa shape index (κ3) is 3.01. The first-order valence-corrected chi connectivity index (χ1v) is 7.18. The van der Waals surface area contributed by atoms with Crippen LogP contribution in [0.25, 0.3) is 11.4 Å². The van der Waals surface area contributed by atoms with Crippen molar-refractivity contribution < 1.29 is 9.26 Å². The Morgan fingerprint density at radius 1 is 1.53 bits per heavy atom. The van der Waals surface area contributed by atoms with Gasteiger partial charge in [-0.15, -0.1) is 0 Å². The van der Waals surface area contributed by atoms with E-state index in [-0.39, 0.29) is 6.10 Å². The highest BCUT2D eigenvalue weighted by Crippen LogP contribution is 2.19. The Morgan fingerprint density at radius 3 is 3.26 bits per heavy atom. The average Bonchev–Trinajstić information content (AvgIpc) is 3.09. The lowest BCUT2D eigenvalue weighted by atomic mass is 10.2. The summed E-state index contributed by atoms with van der Waals surface area (Å²) in [4.78, 5) is 6.64. The predicted molar refractivity (Wildman–Crippen MR) is 71.7 cm³/mol. The van der Waals surface area contributed by atoms with Gasteiger partial charge in [0.15, 0.2) is 0 Å². The number of rotatable bonds is 4. The highest BCUT2D eigenvalue weighted by atomic mass is 32.1. The molecule has 1 fully saturated rings. The first-order chi connectivity index (χ1) is 9.35. The van der Waals surface area contributed by atoms with Crippen LogP contribution in [0.15, 0.2) is 21.3 Å². The van der Waals surface area contributed by atoms with Crippen LogP contribution in [-0.4, -0.2) is 47.4 Å². The number of thiophene rings is 1. The summed E-state index contributed by atoms with van der Waals surface area (Å²) in [6, 6.07) is 1.98. The van der Waals surface area contributed by atoms with E-state index in [2.05, 4.69) is 15.0 Å². The molecule has 1 saturated heterocycles. The molecule has 19 heavy (non-hydrogen) atoms. The number of ether oxygens (including phenoxy) is 1. The quantitative estimate of drug-likeness (QED) is 0.898. The van der Waals surface area contributed by atoms with E-state index in [1.165, 1.54) is 0 Å². The lowest BCUT2D eigenvalue weighted by Gasteiger charge is -2.31. The second-order valence-corrected chi connectivity index (χ2v) is 5.27. The largest absolute Gasteiger partial charge is 0.374 e. The Balaban J connectivity index is 1.64. The van der Waals surface area contributed by atoms with E-state index < -0.39 is 0 Å². The third-order valence-electron chi connectivity index (χ3n) is 3.09. The van der Waals surface area contributed by atoms with E-state index in [0.29, 0.717) is 31.4 Å². The van der Waals surface area contributed by atoms with Gasteiger partial charge in [-0.1, -0.05) is 5.16 Å². The van der Waals surface area contributed by atoms with Gasteiger partial charge in [0, 0.05) is 30.6 Å². The van der Waals surface area contributed by atoms with Gasteiger partial charge in [-0.05, 0) is 11.4 Å². The summed E-state index contributed by atoms with van der Waals surface area (Å²) in [7, 11) is 0. The standard InChI is InChI=1S/C12H16N4O2S/c13-5-10-6-16(2-3-17-10)7-11-14-12(15-18-11)9-1-4-19-8-9/h1,4,8,10H,2-3,5-7,13H2. The van der Waals surface area contributed by atoms with Crippen molar-refractivity contribution >= 4 is 11.3 Å². The molecule has 1 atom stereocenters. The second kappa shape index (κ2) is 5.79. The molecule has 0 amide bonds. The number of nitrogens with two attached hydrogens (primary N) is 1. The van der Waals surface area contributed by atoms with Crippen LogP contribution in [0.5, 0.6) is 0 Å². The highest BCUT2D eigenvalue weighted by molar-refractivity contribution is 7.08. The van der Waals surface area contributed by atoms with E-state index in [4.69, 9.17) is 15.0 Å². The molecule has 6 nitrogen and oxygen atoms in total. The molecular weight excluding hydrogens is 264 g/mol. The van der Waals surface area contributed by atoms with Crippen molar-refractivity contribution in [2.45, 2.75) is 12.6 Å². The normalized spacial score (nSPS) is 20.8. The average molecular weight is 280 g/mol. The van der Waals surface area contributed by atoms with Crippen molar-refractivity contribution in [1.29, 1.82) is 0 Å². The first-order valence-electron chi connectivity index (χ1n) is 6.24. The molecule has 0 saturated carbocycles. The number of morpholine rings is 1. The lowest BCUT2D eigenvalue weighted by molar-refractivity contribution is -0.0288. The van der Waals surface area contributed by atoms with Crippen LogP contribution in [0, 0.1) is 0 Å². The van der Waals surface area contributed by atoms with Crippen LogP contribution >= 0.6 is 11.3 Å². The molecule has 3 heterocycles. The highest BCUT2D eigenvalue weighted by Gasteiger charge is 2.21. The van der Waals surface area contributed by atoms with Crippen LogP contribution < -0.4 is 5.73 Å². The Labute approximate surface area is 115 Å². The van der Waals surface area contributed by atoms with E-state index in [1.807, 2.05) is 16.8 Å². The third-order valence-corrected chi connectivity index (χ3v) is 3.78. The smallest absolute Gasteiger partial charge is 0.241 e. The minimum Gasteiger partial charge on any atom is -0.374 e. The summed E-state index contributed by atoms with van der Waals surface area (Å²) in [5.41, 5.74) is 6.63. The topological polar surface area (TPSA) is 77.4 Å². The van der Waals surface area contributed by atoms with Crippen LogP contribution in [-0.2, 0) is 11.3 Å². The van der Waals surface area contributed by atoms with Crippen molar-refractivity contribution in [2.75, 3.05) is 26.2 Å². The van der Waals surface area contributed by atoms with Crippen LogP contribution in [0.4, 0.5) is 0 Å². The molecule has 1 aliphatic rings. The fraction of sp³-hybridized carbons (Fsp3) is 0.500. The van der Waals surface area contributed by atoms with Crippen molar-refractivity contribution in [1.82, 2.24) is 15.0 Å². The van der Waals surface area contributed by atoms with Crippen molar-refractivity contribution in [3.8, 4) is 11.4 Å². The van der Waals surface area contributed by atoms with Crippen molar-refractivity contribution in [2.24, 2.45) is 5.73 Å². The van der Waals surface area contributed by atoms with Gasteiger partial charge in [0.2, 0.25) is 11.7 Å². The van der Waals surface area contributed by atoms with E-state index >= 15 is 0 Å². The van der Waals surface area contributed by atoms with Crippen molar-refractivity contribution in [3.05, 3.63) is 22.7 Å². The number of nitrogens with zero attached hydrogens (tertiary/aromatic N) is 3. The monoisotopic (exact) mass is 280 g/mol. The maximum Gasteiger partial charge on any atom is 0.241 e. The van der Waals surface area contributed by atoms with Crippen LogP contribution in [0.3, 0.4) is 0 Å². The van der Waals surface area contributed by atoms with E-state index in [1.54, 1.807) is 11.3 Å². The van der Waals surface area contributed by atoms with Gasteiger partial charge in [-0.25, -0.2) is 0 Å². The van der Waals surface area contributed by atoms with E-state index in [9.17, 15) is 0 Å². The minimum absolute atomic E-state index is 0.105. The zero-order valence-electron chi connectivity index (χ0n) is 10.5. The first kappa shape index (κ1) is 12.7. The van der Waals surface area contributed by atoms with Gasteiger partial charge in [-0.2, -0.15) is 16.3 Å². The summed E-state index contributed by atoms with van der Waals surface area (Å²) in [5.74, 6) is 1.29. The number of hydrogen-bond donors (Lipinski definition) is 1. The van der Waals surface area contributed by atoms with Gasteiger partial charge in [0.05, 0.1) is 19.3 Å². The molecule has 7 heteroatoms. The van der Waals surface area contributed by atoms with Crippen LogP contribution in [0.1, 0.15) is 5.89 Å². The van der Waals surface area contributed by atoms with E-state index in [0.717, 1.165) is 18.7 Å². The SMILES string of the molecule is NCC1CN(Cc2nc(-c3ccsc3)no2)CCO1. The zero-order chi connectivity index (χ0) is 13.1. The molecule has 0 spiro atoms. The molecule has 0 radical (unpaired) electrons. The molecule has 0 bridgehead atoms. The summed E-state index contributed by atoms with van der Waals surface area (Å²) >= 11 is 1.62. The van der Waals surface area contributed by atoms with Gasteiger partial charge in [0.25, 0.3) is 0 Å². The summed E-state index contributed by atoms with van der Waals surface area (Å²) in [6.07, 6.45) is 0.105. The van der Waals surface area contributed by atoms with Gasteiger partial charge < -0.3 is 15.0 Å². The zero-order valence-corrected chi connectivity index (χ0v) is 11.3. The molecule has 2 aromatic rings. The summed E-state index contributed by atoms with van der Waals surface area (Å²) in [5, 5.41) is 8.01. The Kier molecular flexibility index (Phi) is 3.88. The van der Waals surface area contributed by atoms with Gasteiger partial charge >= 0.3 is 0 Å². The molecule has 2 N–H and O–H groups in total. The molecular formula is C12H16N4O2S. The molecule has 102 valence electrons. The molecule has 1 unspecified atom stereocenters. The lowest BCUT2D eigenvalue weighted by Crippen LogP contribution is -2.45. The fourth-order valence-electron chi connectivity index (χ4n) is 2.09. The molecule has 0 aromatic carbocycles. The number of aromatic nitrogens is 2. The maximum absolute atomic E-state index is 5.63. The minimum atomic E-state index is 0.105. The summed E-state index contributed by atoms with van der Waals surface area (Å²) < 4.78 is 10.8. The molecule has 1 aliphatic heterocycles. The molecule has 2 aromatic heterocycles. The maximum atomic E-state index is 5.63. The Morgan fingerprint density at radius 2 is 2.47 bits per heavy atom. The fourth-order valence-corrected chi connectivity index (χ4v) is 2.72. The Bertz CT molecular complexity index is 514.